The first-order valence-electron chi connectivity index (χ1n) is 5.74. The largest absolute Gasteiger partial charge is 0.469 e. The van der Waals surface area contributed by atoms with Gasteiger partial charge in [-0.1, -0.05) is 18.2 Å². The molecule has 0 aliphatic rings. The number of carbonyl (C=O) groups excluding carboxylic acids is 1. The Hall–Kier alpha value is -2.11. The second-order valence-electron chi connectivity index (χ2n) is 4.04. The van der Waals surface area contributed by atoms with Crippen molar-refractivity contribution in [2.45, 2.75) is 20.0 Å². The number of aryl methyl sites for hydroxylation is 1. The molecule has 0 saturated carbocycles. The number of alkyl halides is 3. The molecule has 0 bridgehead atoms. The average molecular weight is 285 g/mol. The van der Waals surface area contributed by atoms with Gasteiger partial charge in [0.15, 0.2) is 0 Å². The van der Waals surface area contributed by atoms with Crippen LogP contribution >= 0.6 is 0 Å². The number of ether oxygens (including phenoxy) is 1. The fourth-order valence-corrected chi connectivity index (χ4v) is 1.49. The molecular formula is C14H14F3NO2. The molecule has 20 heavy (non-hydrogen) atoms. The van der Waals surface area contributed by atoms with Crippen molar-refractivity contribution in [3.05, 3.63) is 41.6 Å². The van der Waals surface area contributed by atoms with Crippen molar-refractivity contribution in [1.29, 1.82) is 0 Å². The molecule has 108 valence electrons. The van der Waals surface area contributed by atoms with E-state index in [2.05, 4.69) is 9.72 Å². The third-order valence-electron chi connectivity index (χ3n) is 2.50. The molecule has 6 heteroatoms. The summed E-state index contributed by atoms with van der Waals surface area (Å²) in [4.78, 5) is 13.2. The number of pyridine rings is 1. The van der Waals surface area contributed by atoms with E-state index in [0.717, 1.165) is 11.5 Å². The number of methoxy groups -OCH3 is 1. The molecule has 0 N–H and O–H groups in total. The van der Waals surface area contributed by atoms with E-state index in [1.165, 1.54) is 14.0 Å². The lowest BCUT2D eigenvalue weighted by atomic mass is 10.1. The molecule has 2 aromatic rings. The van der Waals surface area contributed by atoms with E-state index in [4.69, 9.17) is 0 Å². The summed E-state index contributed by atoms with van der Waals surface area (Å²) in [6, 6.07) is 7.87. The fraction of sp³-hybridized carbons (Fsp3) is 0.286. The van der Waals surface area contributed by atoms with Crippen LogP contribution in [0.5, 0.6) is 0 Å². The number of benzene rings is 1. The summed E-state index contributed by atoms with van der Waals surface area (Å²) in [6.07, 6.45) is -4.38. The van der Waals surface area contributed by atoms with Crippen LogP contribution in [0.2, 0.25) is 0 Å². The predicted molar refractivity (Wildman–Crippen MR) is 69.2 cm³/mol. The number of nitrogens with zero attached hydrogens (tertiary/aromatic N) is 1. The first-order valence-corrected chi connectivity index (χ1v) is 5.74. The quantitative estimate of drug-likeness (QED) is 0.692. The van der Waals surface area contributed by atoms with Crippen LogP contribution in [0.1, 0.15) is 18.2 Å². The number of para-hydroxylation sites is 1. The van der Waals surface area contributed by atoms with Crippen LogP contribution in [-0.4, -0.2) is 18.1 Å². The normalized spacial score (nSPS) is 10.7. The summed E-state index contributed by atoms with van der Waals surface area (Å²) in [5, 5.41) is 0.755. The average Bonchev–Trinajstić information content (AvgIpc) is 2.38. The first-order chi connectivity index (χ1) is 9.25. The minimum absolute atomic E-state index is 0.245. The highest BCUT2D eigenvalue weighted by atomic mass is 19.4. The number of halogens is 3. The number of aromatic nitrogens is 1. The van der Waals surface area contributed by atoms with Crippen molar-refractivity contribution in [2.24, 2.45) is 0 Å². The zero-order valence-corrected chi connectivity index (χ0v) is 11.3. The van der Waals surface area contributed by atoms with Crippen molar-refractivity contribution in [1.82, 2.24) is 4.98 Å². The first kappa shape index (κ1) is 15.9. The van der Waals surface area contributed by atoms with E-state index < -0.39 is 11.9 Å². The minimum Gasteiger partial charge on any atom is -0.469 e. The molecular weight excluding hydrogens is 271 g/mol. The lowest BCUT2D eigenvalue weighted by Gasteiger charge is -2.08. The van der Waals surface area contributed by atoms with Crippen LogP contribution in [0, 0.1) is 6.92 Å². The van der Waals surface area contributed by atoms with E-state index >= 15 is 0 Å². The third kappa shape index (κ3) is 4.22. The van der Waals surface area contributed by atoms with Gasteiger partial charge in [0, 0.05) is 12.3 Å². The third-order valence-corrected chi connectivity index (χ3v) is 2.50. The summed E-state index contributed by atoms with van der Waals surface area (Å²) in [5.74, 6) is -0.245. The Morgan fingerprint density at radius 3 is 2.30 bits per heavy atom. The van der Waals surface area contributed by atoms with Crippen LogP contribution in [0.4, 0.5) is 13.2 Å². The molecule has 0 saturated heterocycles. The standard InChI is InChI=1S/C11H8F3N.C3H6O2/c1-7-6-10(11(12,13)14)15-9-5-3-2-4-8(7)9;1-3(4)5-2/h2-6H,1H3;1-2H3. The Kier molecular flexibility index (Phi) is 5.07. The van der Waals surface area contributed by atoms with Crippen LogP contribution in [-0.2, 0) is 15.7 Å². The predicted octanol–water partition coefficient (Wildman–Crippen LogP) is 3.74. The number of hydrogen-bond acceptors (Lipinski definition) is 3. The maximum Gasteiger partial charge on any atom is 0.433 e. The molecule has 1 heterocycles. The van der Waals surface area contributed by atoms with Crippen LogP contribution in [0.25, 0.3) is 10.9 Å². The molecule has 0 aliphatic carbocycles. The number of rotatable bonds is 0. The van der Waals surface area contributed by atoms with Gasteiger partial charge in [-0.15, -0.1) is 0 Å². The van der Waals surface area contributed by atoms with E-state index in [1.807, 2.05) is 0 Å². The molecule has 0 amide bonds. The topological polar surface area (TPSA) is 39.2 Å². The van der Waals surface area contributed by atoms with Crippen molar-refractivity contribution < 1.29 is 22.7 Å². The zero-order chi connectivity index (χ0) is 15.3. The van der Waals surface area contributed by atoms with Crippen LogP contribution < -0.4 is 0 Å². The highest BCUT2D eigenvalue weighted by Gasteiger charge is 2.32. The summed E-state index contributed by atoms with van der Waals surface area (Å²) in [5.41, 5.74) is 0.136. The Balaban J connectivity index is 0.000000347. The second-order valence-corrected chi connectivity index (χ2v) is 4.04. The maximum atomic E-state index is 12.4. The smallest absolute Gasteiger partial charge is 0.433 e. The molecule has 0 radical (unpaired) electrons. The van der Waals surface area contributed by atoms with E-state index in [9.17, 15) is 18.0 Å². The Morgan fingerprint density at radius 1 is 1.25 bits per heavy atom. The molecule has 0 aliphatic heterocycles. The van der Waals surface area contributed by atoms with Crippen LogP contribution in [0.15, 0.2) is 30.3 Å². The molecule has 2 rings (SSSR count). The molecule has 1 aromatic heterocycles. The second kappa shape index (κ2) is 6.36. The number of fused-ring (bicyclic) bond motifs is 1. The number of hydrogen-bond donors (Lipinski definition) is 0. The Labute approximate surface area is 114 Å². The summed E-state index contributed by atoms with van der Waals surface area (Å²) < 4.78 is 41.4. The van der Waals surface area contributed by atoms with Gasteiger partial charge in [-0.05, 0) is 24.6 Å². The molecule has 0 unspecified atom stereocenters. The van der Waals surface area contributed by atoms with Gasteiger partial charge in [0.25, 0.3) is 0 Å². The van der Waals surface area contributed by atoms with E-state index in [0.29, 0.717) is 11.1 Å². The van der Waals surface area contributed by atoms with Gasteiger partial charge in [0.05, 0.1) is 12.6 Å². The maximum absolute atomic E-state index is 12.4. The lowest BCUT2D eigenvalue weighted by molar-refractivity contribution is -0.141. The van der Waals surface area contributed by atoms with E-state index in [-0.39, 0.29) is 5.97 Å². The SMILES string of the molecule is COC(C)=O.Cc1cc(C(F)(F)F)nc2ccccc12. The summed E-state index contributed by atoms with van der Waals surface area (Å²) in [7, 11) is 1.35. The molecule has 0 spiro atoms. The van der Waals surface area contributed by atoms with Crippen molar-refractivity contribution in [2.75, 3.05) is 7.11 Å². The number of esters is 1. The lowest BCUT2D eigenvalue weighted by Crippen LogP contribution is -2.08. The van der Waals surface area contributed by atoms with Gasteiger partial charge in [-0.2, -0.15) is 13.2 Å². The van der Waals surface area contributed by atoms with Gasteiger partial charge in [0.2, 0.25) is 0 Å². The molecule has 0 atom stereocenters. The van der Waals surface area contributed by atoms with Crippen LogP contribution in [0.3, 0.4) is 0 Å². The Morgan fingerprint density at radius 2 is 1.80 bits per heavy atom. The minimum atomic E-state index is -4.38. The molecule has 0 fully saturated rings. The molecule has 1 aromatic carbocycles. The van der Waals surface area contributed by atoms with Crippen molar-refractivity contribution >= 4 is 16.9 Å². The zero-order valence-electron chi connectivity index (χ0n) is 11.3. The van der Waals surface area contributed by atoms with Crippen molar-refractivity contribution in [3.8, 4) is 0 Å². The van der Waals surface area contributed by atoms with Gasteiger partial charge in [-0.3, -0.25) is 4.79 Å². The number of carbonyl (C=O) groups is 1. The van der Waals surface area contributed by atoms with Gasteiger partial charge in [-0.25, -0.2) is 4.98 Å². The monoisotopic (exact) mass is 285 g/mol. The highest BCUT2D eigenvalue weighted by molar-refractivity contribution is 5.82. The summed E-state index contributed by atoms with van der Waals surface area (Å²) >= 11 is 0. The van der Waals surface area contributed by atoms with Gasteiger partial charge in [0.1, 0.15) is 5.69 Å². The van der Waals surface area contributed by atoms with Crippen molar-refractivity contribution in [3.63, 3.8) is 0 Å². The Bertz CT molecular complexity index is 609. The highest BCUT2D eigenvalue weighted by Crippen LogP contribution is 2.30. The van der Waals surface area contributed by atoms with E-state index in [1.54, 1.807) is 31.2 Å². The molecule has 3 nitrogen and oxygen atoms in total. The van der Waals surface area contributed by atoms with Gasteiger partial charge < -0.3 is 4.74 Å². The fourth-order valence-electron chi connectivity index (χ4n) is 1.49. The summed E-state index contributed by atoms with van der Waals surface area (Å²) in [6.45, 7) is 3.01. The van der Waals surface area contributed by atoms with Gasteiger partial charge >= 0.3 is 12.1 Å².